The Morgan fingerprint density at radius 2 is 2.20 bits per heavy atom. The standard InChI is InChI=1S/C12H23NO2/c1-4-5-10-6-7-13-12(15-10)8-11(2,3)14-9-12/h10,13H,4-9H2,1-3H3. The minimum atomic E-state index is -0.193. The molecule has 0 aromatic rings. The molecule has 3 heteroatoms. The van der Waals surface area contributed by atoms with Gasteiger partial charge in [-0.15, -0.1) is 0 Å². The van der Waals surface area contributed by atoms with Gasteiger partial charge in [-0.05, 0) is 26.7 Å². The molecule has 2 fully saturated rings. The van der Waals surface area contributed by atoms with Gasteiger partial charge in [-0.3, -0.25) is 5.32 Å². The van der Waals surface area contributed by atoms with E-state index >= 15 is 0 Å². The molecular formula is C12H23NO2. The average molecular weight is 213 g/mol. The van der Waals surface area contributed by atoms with Crippen LogP contribution in [0.4, 0.5) is 0 Å². The highest BCUT2D eigenvalue weighted by Gasteiger charge is 2.47. The SMILES string of the molecule is CCCC1CCNC2(COC(C)(C)C2)O1. The van der Waals surface area contributed by atoms with Gasteiger partial charge < -0.3 is 9.47 Å². The quantitative estimate of drug-likeness (QED) is 0.761. The lowest BCUT2D eigenvalue weighted by Gasteiger charge is -2.39. The number of ether oxygens (including phenoxy) is 2. The summed E-state index contributed by atoms with van der Waals surface area (Å²) in [4.78, 5) is 0. The third-order valence-electron chi connectivity index (χ3n) is 3.32. The Labute approximate surface area is 92.5 Å². The summed E-state index contributed by atoms with van der Waals surface area (Å²) in [5.41, 5.74) is -0.233. The highest BCUT2D eigenvalue weighted by Crippen LogP contribution is 2.36. The zero-order valence-electron chi connectivity index (χ0n) is 10.1. The van der Waals surface area contributed by atoms with Crippen molar-refractivity contribution in [2.45, 2.75) is 63.9 Å². The van der Waals surface area contributed by atoms with E-state index in [1.807, 2.05) is 0 Å². The van der Waals surface area contributed by atoms with Crippen molar-refractivity contribution in [2.75, 3.05) is 13.2 Å². The minimum Gasteiger partial charge on any atom is -0.371 e. The lowest BCUT2D eigenvalue weighted by Crippen LogP contribution is -2.55. The van der Waals surface area contributed by atoms with Gasteiger partial charge in [0, 0.05) is 13.0 Å². The molecule has 0 bridgehead atoms. The second kappa shape index (κ2) is 4.04. The predicted octanol–water partition coefficient (Wildman–Crippen LogP) is 2.06. The van der Waals surface area contributed by atoms with Gasteiger partial charge in [0.2, 0.25) is 0 Å². The second-order valence-electron chi connectivity index (χ2n) is 5.46. The molecular weight excluding hydrogens is 190 g/mol. The Hall–Kier alpha value is -0.120. The van der Waals surface area contributed by atoms with E-state index < -0.39 is 0 Å². The molecule has 15 heavy (non-hydrogen) atoms. The third kappa shape index (κ3) is 2.52. The van der Waals surface area contributed by atoms with Crippen molar-refractivity contribution in [3.05, 3.63) is 0 Å². The Bertz CT molecular complexity index is 228. The smallest absolute Gasteiger partial charge is 0.145 e. The maximum Gasteiger partial charge on any atom is 0.145 e. The van der Waals surface area contributed by atoms with E-state index in [1.165, 1.54) is 12.8 Å². The largest absolute Gasteiger partial charge is 0.371 e. The van der Waals surface area contributed by atoms with Crippen molar-refractivity contribution in [2.24, 2.45) is 0 Å². The Kier molecular flexibility index (Phi) is 3.06. The van der Waals surface area contributed by atoms with Crippen LogP contribution in [0.15, 0.2) is 0 Å². The zero-order valence-corrected chi connectivity index (χ0v) is 10.1. The topological polar surface area (TPSA) is 30.5 Å². The fourth-order valence-corrected chi connectivity index (χ4v) is 2.70. The van der Waals surface area contributed by atoms with Crippen LogP contribution in [0.25, 0.3) is 0 Å². The lowest BCUT2D eigenvalue weighted by atomic mass is 9.97. The van der Waals surface area contributed by atoms with E-state index in [0.29, 0.717) is 12.7 Å². The minimum absolute atomic E-state index is 0.0406. The van der Waals surface area contributed by atoms with Crippen LogP contribution in [0.1, 0.15) is 46.5 Å². The summed E-state index contributed by atoms with van der Waals surface area (Å²) in [5.74, 6) is 0. The van der Waals surface area contributed by atoms with Gasteiger partial charge >= 0.3 is 0 Å². The van der Waals surface area contributed by atoms with Gasteiger partial charge in [-0.1, -0.05) is 13.3 Å². The van der Waals surface area contributed by atoms with Gasteiger partial charge in [-0.25, -0.2) is 0 Å². The van der Waals surface area contributed by atoms with Crippen molar-refractivity contribution in [1.82, 2.24) is 5.32 Å². The van der Waals surface area contributed by atoms with Crippen molar-refractivity contribution >= 4 is 0 Å². The van der Waals surface area contributed by atoms with Crippen LogP contribution in [-0.2, 0) is 9.47 Å². The van der Waals surface area contributed by atoms with E-state index in [0.717, 1.165) is 19.4 Å². The molecule has 0 aromatic carbocycles. The molecule has 2 aliphatic rings. The Morgan fingerprint density at radius 3 is 2.80 bits per heavy atom. The molecule has 1 N–H and O–H groups in total. The monoisotopic (exact) mass is 213 g/mol. The van der Waals surface area contributed by atoms with E-state index in [9.17, 15) is 0 Å². The van der Waals surface area contributed by atoms with Crippen LogP contribution >= 0.6 is 0 Å². The zero-order chi connectivity index (χ0) is 10.9. The first-order valence-electron chi connectivity index (χ1n) is 6.12. The van der Waals surface area contributed by atoms with Crippen LogP contribution < -0.4 is 5.32 Å². The number of hydrogen-bond acceptors (Lipinski definition) is 3. The predicted molar refractivity (Wildman–Crippen MR) is 59.8 cm³/mol. The van der Waals surface area contributed by atoms with Crippen LogP contribution in [0.3, 0.4) is 0 Å². The molecule has 2 atom stereocenters. The van der Waals surface area contributed by atoms with Crippen molar-refractivity contribution in [1.29, 1.82) is 0 Å². The van der Waals surface area contributed by atoms with E-state index in [2.05, 4.69) is 26.1 Å². The maximum atomic E-state index is 6.17. The first kappa shape index (κ1) is 11.4. The lowest BCUT2D eigenvalue weighted by molar-refractivity contribution is -0.143. The summed E-state index contributed by atoms with van der Waals surface area (Å²) >= 11 is 0. The molecule has 0 aliphatic carbocycles. The van der Waals surface area contributed by atoms with Crippen molar-refractivity contribution in [3.63, 3.8) is 0 Å². The second-order valence-corrected chi connectivity index (χ2v) is 5.46. The van der Waals surface area contributed by atoms with Gasteiger partial charge in [0.05, 0.1) is 18.3 Å². The molecule has 0 amide bonds. The molecule has 2 rings (SSSR count). The fourth-order valence-electron chi connectivity index (χ4n) is 2.70. The van der Waals surface area contributed by atoms with Crippen molar-refractivity contribution in [3.8, 4) is 0 Å². The molecule has 0 aromatic heterocycles. The number of rotatable bonds is 2. The molecule has 2 saturated heterocycles. The van der Waals surface area contributed by atoms with Crippen LogP contribution in [-0.4, -0.2) is 30.6 Å². The Balaban J connectivity index is 1.97. The molecule has 2 unspecified atom stereocenters. The van der Waals surface area contributed by atoms with Gasteiger partial charge in [0.15, 0.2) is 0 Å². The highest BCUT2D eigenvalue weighted by atomic mass is 16.6. The highest BCUT2D eigenvalue weighted by molar-refractivity contribution is 4.95. The molecule has 0 saturated carbocycles. The van der Waals surface area contributed by atoms with Crippen LogP contribution in [0.5, 0.6) is 0 Å². The third-order valence-corrected chi connectivity index (χ3v) is 3.32. The number of hydrogen-bond donors (Lipinski definition) is 1. The summed E-state index contributed by atoms with van der Waals surface area (Å²) in [6.07, 6.45) is 4.89. The van der Waals surface area contributed by atoms with Crippen LogP contribution in [0.2, 0.25) is 0 Å². The van der Waals surface area contributed by atoms with Gasteiger partial charge in [-0.2, -0.15) is 0 Å². The van der Waals surface area contributed by atoms with E-state index in [4.69, 9.17) is 9.47 Å². The molecule has 1 spiro atoms. The Morgan fingerprint density at radius 1 is 1.40 bits per heavy atom. The maximum absolute atomic E-state index is 6.17. The first-order valence-corrected chi connectivity index (χ1v) is 6.12. The summed E-state index contributed by atoms with van der Waals surface area (Å²) < 4.78 is 11.9. The van der Waals surface area contributed by atoms with Gasteiger partial charge in [0.25, 0.3) is 0 Å². The summed E-state index contributed by atoms with van der Waals surface area (Å²) in [5, 5.41) is 3.49. The molecule has 88 valence electrons. The summed E-state index contributed by atoms with van der Waals surface area (Å²) in [7, 11) is 0. The molecule has 2 aliphatic heterocycles. The van der Waals surface area contributed by atoms with E-state index in [1.54, 1.807) is 0 Å². The molecule has 3 nitrogen and oxygen atoms in total. The summed E-state index contributed by atoms with van der Waals surface area (Å²) in [6, 6.07) is 0. The summed E-state index contributed by atoms with van der Waals surface area (Å²) in [6.45, 7) is 8.24. The van der Waals surface area contributed by atoms with Gasteiger partial charge in [0.1, 0.15) is 5.72 Å². The molecule has 0 radical (unpaired) electrons. The fraction of sp³-hybridized carbons (Fsp3) is 1.00. The number of nitrogens with one attached hydrogen (secondary N) is 1. The first-order chi connectivity index (χ1) is 7.05. The van der Waals surface area contributed by atoms with Crippen LogP contribution in [0, 0.1) is 0 Å². The average Bonchev–Trinajstić information content (AvgIpc) is 2.42. The molecule has 2 heterocycles. The van der Waals surface area contributed by atoms with E-state index in [-0.39, 0.29) is 11.3 Å². The van der Waals surface area contributed by atoms with Crippen molar-refractivity contribution < 1.29 is 9.47 Å². The normalized spacial score (nSPS) is 39.8.